The van der Waals surface area contributed by atoms with Gasteiger partial charge in [0.2, 0.25) is 5.91 Å². The van der Waals surface area contributed by atoms with E-state index >= 15 is 0 Å². The van der Waals surface area contributed by atoms with Gasteiger partial charge in [0.15, 0.2) is 0 Å². The molecule has 2 heterocycles. The lowest BCUT2D eigenvalue weighted by molar-refractivity contribution is -0.130. The number of aromatic amines is 1. The smallest absolute Gasteiger partial charge is 0.223 e. The van der Waals surface area contributed by atoms with E-state index in [2.05, 4.69) is 22.1 Å². The minimum atomic E-state index is 0.132. The standard InChI is InChI=1S/C14H20N4OS/c1-9(14-10(2)16-17-11(14)3)7-13(19)18(4)8-12-15-5-6-20-12/h5-6,9H,7-8H2,1-4H3,(H,16,17). The van der Waals surface area contributed by atoms with Crippen LogP contribution in [0.1, 0.15) is 41.2 Å². The van der Waals surface area contributed by atoms with E-state index in [9.17, 15) is 4.79 Å². The minimum Gasteiger partial charge on any atom is -0.339 e. The van der Waals surface area contributed by atoms with Crippen LogP contribution in [0.5, 0.6) is 0 Å². The first-order valence-corrected chi connectivity index (χ1v) is 7.50. The van der Waals surface area contributed by atoms with Crippen molar-refractivity contribution in [2.24, 2.45) is 0 Å². The van der Waals surface area contributed by atoms with Crippen molar-refractivity contribution < 1.29 is 4.79 Å². The molecule has 0 bridgehead atoms. The van der Waals surface area contributed by atoms with Crippen LogP contribution in [0.15, 0.2) is 11.6 Å². The Kier molecular flexibility index (Phi) is 4.54. The van der Waals surface area contributed by atoms with Crippen LogP contribution < -0.4 is 0 Å². The zero-order chi connectivity index (χ0) is 14.7. The number of nitrogens with zero attached hydrogens (tertiary/aromatic N) is 3. The normalized spacial score (nSPS) is 12.4. The lowest BCUT2D eigenvalue weighted by Crippen LogP contribution is -2.27. The number of carbonyl (C=O) groups is 1. The van der Waals surface area contributed by atoms with Crippen LogP contribution in [0.2, 0.25) is 0 Å². The summed E-state index contributed by atoms with van der Waals surface area (Å²) in [4.78, 5) is 18.2. The molecule has 20 heavy (non-hydrogen) atoms. The Bertz CT molecular complexity index is 557. The van der Waals surface area contributed by atoms with Crippen molar-refractivity contribution in [2.75, 3.05) is 7.05 Å². The molecule has 0 fully saturated rings. The zero-order valence-corrected chi connectivity index (χ0v) is 13.1. The molecule has 0 aromatic carbocycles. The van der Waals surface area contributed by atoms with Gasteiger partial charge in [0.25, 0.3) is 0 Å². The number of hydrogen-bond acceptors (Lipinski definition) is 4. The highest BCUT2D eigenvalue weighted by atomic mass is 32.1. The zero-order valence-electron chi connectivity index (χ0n) is 12.3. The van der Waals surface area contributed by atoms with Crippen LogP contribution >= 0.6 is 11.3 Å². The van der Waals surface area contributed by atoms with E-state index in [0.717, 1.165) is 22.0 Å². The van der Waals surface area contributed by atoms with Crippen LogP contribution in [0.3, 0.4) is 0 Å². The van der Waals surface area contributed by atoms with Gasteiger partial charge in [-0.15, -0.1) is 11.3 Å². The summed E-state index contributed by atoms with van der Waals surface area (Å²) < 4.78 is 0. The molecular weight excluding hydrogens is 272 g/mol. The molecule has 0 saturated carbocycles. The summed E-state index contributed by atoms with van der Waals surface area (Å²) in [6.45, 7) is 6.61. The van der Waals surface area contributed by atoms with E-state index in [1.54, 1.807) is 22.4 Å². The molecule has 6 heteroatoms. The third-order valence-electron chi connectivity index (χ3n) is 3.44. The number of H-pyrrole nitrogens is 1. The van der Waals surface area contributed by atoms with Crippen LogP contribution in [0.4, 0.5) is 0 Å². The molecule has 0 radical (unpaired) electrons. The Morgan fingerprint density at radius 1 is 1.50 bits per heavy atom. The van der Waals surface area contributed by atoms with Crippen LogP contribution in [0, 0.1) is 13.8 Å². The van der Waals surface area contributed by atoms with Crippen molar-refractivity contribution in [3.63, 3.8) is 0 Å². The molecule has 1 amide bonds. The highest BCUT2D eigenvalue weighted by molar-refractivity contribution is 7.09. The summed E-state index contributed by atoms with van der Waals surface area (Å²) in [6, 6.07) is 0. The van der Waals surface area contributed by atoms with E-state index in [1.807, 2.05) is 26.3 Å². The average molecular weight is 292 g/mol. The third-order valence-corrected chi connectivity index (χ3v) is 4.20. The van der Waals surface area contributed by atoms with E-state index in [-0.39, 0.29) is 11.8 Å². The van der Waals surface area contributed by atoms with Gasteiger partial charge in [0, 0.05) is 30.7 Å². The van der Waals surface area contributed by atoms with Crippen molar-refractivity contribution >= 4 is 17.2 Å². The van der Waals surface area contributed by atoms with Crippen molar-refractivity contribution in [1.29, 1.82) is 0 Å². The highest BCUT2D eigenvalue weighted by Gasteiger charge is 2.20. The number of hydrogen-bond donors (Lipinski definition) is 1. The quantitative estimate of drug-likeness (QED) is 0.921. The Balaban J connectivity index is 1.97. The number of nitrogens with one attached hydrogen (secondary N) is 1. The molecule has 2 aromatic heterocycles. The van der Waals surface area contributed by atoms with Gasteiger partial charge >= 0.3 is 0 Å². The van der Waals surface area contributed by atoms with Gasteiger partial charge in [-0.3, -0.25) is 9.89 Å². The van der Waals surface area contributed by atoms with Crippen LogP contribution in [-0.2, 0) is 11.3 Å². The average Bonchev–Trinajstić information content (AvgIpc) is 2.99. The summed E-state index contributed by atoms with van der Waals surface area (Å²) in [6.07, 6.45) is 2.25. The predicted molar refractivity (Wildman–Crippen MR) is 79.7 cm³/mol. The molecule has 0 aliphatic rings. The highest BCUT2D eigenvalue weighted by Crippen LogP contribution is 2.25. The Labute approximate surface area is 123 Å². The number of rotatable bonds is 5. The number of aryl methyl sites for hydroxylation is 2. The number of aromatic nitrogens is 3. The summed E-state index contributed by atoms with van der Waals surface area (Å²) >= 11 is 1.57. The molecule has 0 aliphatic heterocycles. The molecule has 1 N–H and O–H groups in total. The molecule has 1 atom stereocenters. The molecule has 108 valence electrons. The fraction of sp³-hybridized carbons (Fsp3) is 0.500. The molecule has 0 saturated heterocycles. The number of carbonyl (C=O) groups excluding carboxylic acids is 1. The summed E-state index contributed by atoms with van der Waals surface area (Å²) in [5.41, 5.74) is 3.18. The summed E-state index contributed by atoms with van der Waals surface area (Å²) in [5, 5.41) is 10.1. The third kappa shape index (κ3) is 3.25. The van der Waals surface area contributed by atoms with Crippen molar-refractivity contribution in [3.05, 3.63) is 33.5 Å². The largest absolute Gasteiger partial charge is 0.339 e. The van der Waals surface area contributed by atoms with Gasteiger partial charge in [-0.1, -0.05) is 6.92 Å². The second-order valence-electron chi connectivity index (χ2n) is 5.13. The first-order chi connectivity index (χ1) is 9.49. The Hall–Kier alpha value is -1.69. The van der Waals surface area contributed by atoms with E-state index < -0.39 is 0 Å². The fourth-order valence-corrected chi connectivity index (χ4v) is 3.10. The molecule has 2 aromatic rings. The first-order valence-electron chi connectivity index (χ1n) is 6.62. The van der Waals surface area contributed by atoms with Gasteiger partial charge in [-0.25, -0.2) is 4.98 Å². The Morgan fingerprint density at radius 3 is 2.80 bits per heavy atom. The van der Waals surface area contributed by atoms with E-state index in [0.29, 0.717) is 13.0 Å². The van der Waals surface area contributed by atoms with Crippen molar-refractivity contribution in [1.82, 2.24) is 20.1 Å². The first kappa shape index (κ1) is 14.7. The maximum Gasteiger partial charge on any atom is 0.223 e. The SMILES string of the molecule is Cc1n[nH]c(C)c1C(C)CC(=O)N(C)Cc1nccs1. The molecule has 2 rings (SSSR count). The predicted octanol–water partition coefficient (Wildman–Crippen LogP) is 2.64. The molecule has 0 aliphatic carbocycles. The van der Waals surface area contributed by atoms with Gasteiger partial charge in [-0.05, 0) is 25.3 Å². The lowest BCUT2D eigenvalue weighted by atomic mass is 9.95. The second kappa shape index (κ2) is 6.17. The van der Waals surface area contributed by atoms with Crippen LogP contribution in [0.25, 0.3) is 0 Å². The topological polar surface area (TPSA) is 61.9 Å². The number of amides is 1. The molecule has 5 nitrogen and oxygen atoms in total. The Morgan fingerprint density at radius 2 is 2.25 bits per heavy atom. The van der Waals surface area contributed by atoms with Gasteiger partial charge in [0.05, 0.1) is 12.2 Å². The lowest BCUT2D eigenvalue weighted by Gasteiger charge is -2.19. The minimum absolute atomic E-state index is 0.132. The van der Waals surface area contributed by atoms with Crippen molar-refractivity contribution in [2.45, 2.75) is 39.7 Å². The second-order valence-corrected chi connectivity index (χ2v) is 6.11. The van der Waals surface area contributed by atoms with Crippen LogP contribution in [-0.4, -0.2) is 33.0 Å². The fourth-order valence-electron chi connectivity index (χ4n) is 2.43. The maximum atomic E-state index is 12.3. The molecular formula is C14H20N4OS. The van der Waals surface area contributed by atoms with E-state index in [4.69, 9.17) is 0 Å². The molecule has 1 unspecified atom stereocenters. The van der Waals surface area contributed by atoms with E-state index in [1.165, 1.54) is 0 Å². The summed E-state index contributed by atoms with van der Waals surface area (Å²) in [7, 11) is 1.82. The van der Waals surface area contributed by atoms with Crippen molar-refractivity contribution in [3.8, 4) is 0 Å². The maximum absolute atomic E-state index is 12.3. The monoisotopic (exact) mass is 292 g/mol. The van der Waals surface area contributed by atoms with Gasteiger partial charge in [-0.2, -0.15) is 5.10 Å². The molecule has 0 spiro atoms. The summed E-state index contributed by atoms with van der Waals surface area (Å²) in [5.74, 6) is 0.299. The van der Waals surface area contributed by atoms with Gasteiger partial charge < -0.3 is 4.90 Å². The number of thiazole rings is 1. The van der Waals surface area contributed by atoms with Gasteiger partial charge in [0.1, 0.15) is 5.01 Å².